The van der Waals surface area contributed by atoms with Crippen LogP contribution >= 0.6 is 0 Å². The van der Waals surface area contributed by atoms with Gasteiger partial charge in [-0.3, -0.25) is 0 Å². The first-order chi connectivity index (χ1) is 48.3. The van der Waals surface area contributed by atoms with E-state index in [1.807, 2.05) is 0 Å². The number of anilines is 8. The molecule has 13 rings (SSSR count). The van der Waals surface area contributed by atoms with E-state index in [1.54, 1.807) is 11.1 Å². The highest BCUT2D eigenvalue weighted by atomic mass is 16.5. The Balaban J connectivity index is 0.000000158. The summed E-state index contributed by atoms with van der Waals surface area (Å²) in [7, 11) is 0. The van der Waals surface area contributed by atoms with Gasteiger partial charge in [-0.2, -0.15) is 0 Å². The van der Waals surface area contributed by atoms with Gasteiger partial charge in [-0.25, -0.2) is 0 Å². The van der Waals surface area contributed by atoms with Gasteiger partial charge in [0.1, 0.15) is 0 Å². The van der Waals surface area contributed by atoms with E-state index in [1.165, 1.54) is 228 Å². The molecule has 0 saturated carbocycles. The second-order valence-electron chi connectivity index (χ2n) is 29.0. The molecule has 11 aromatic carbocycles. The average molecular weight is 1310 g/mol. The van der Waals surface area contributed by atoms with Crippen LogP contribution in [0.25, 0.3) is 32.7 Å². The highest BCUT2D eigenvalue weighted by Crippen LogP contribution is 2.56. The van der Waals surface area contributed by atoms with E-state index in [0.717, 1.165) is 40.8 Å². The number of hydrogen-bond acceptors (Lipinski definition) is 4. The molecule has 0 aromatic heterocycles. The predicted octanol–water partition coefficient (Wildman–Crippen LogP) is 29.1. The summed E-state index contributed by atoms with van der Waals surface area (Å²) in [6.45, 7) is 25.3. The summed E-state index contributed by atoms with van der Waals surface area (Å²) in [5.74, 6) is 1.97. The standard InChI is InChI=1S/C42H36N2.C31H46.C22H29NO/c1-29-13-21-33(22-14-29)43(34-23-15-30(2)16-24-34)41-37-9-5-7-11-39(37)42(40-12-8-6-10-38(40)41)44(35-25-17-31(3)18-26-35)36-27-19-32(4)20-28-36;1-5-7-9-11-13-15-21-31(22-16-14-12-10-8-6-2)29-23-25(3)17-19-27(29)28-20-18-26(4)24-30(28)31;1-4-5-6-7-8-9-14-23-19-12-10-17(2)15-21(19)24-22-16-18(3)11-13-20(22)23/h5-28H,1-4H3;17-20,23-24H,5-16,21-22H2,1-4H3;10-13,15-16H,4-9,14H2,1-3H3. The number of hydrogen-bond donors (Lipinski definition) is 0. The quantitative estimate of drug-likeness (QED) is 0.0290. The predicted molar refractivity (Wildman–Crippen MR) is 431 cm³/mol. The van der Waals surface area contributed by atoms with Gasteiger partial charge in [-0.05, 0) is 181 Å². The zero-order valence-corrected chi connectivity index (χ0v) is 61.9. The molecule has 1 aliphatic carbocycles. The third kappa shape index (κ3) is 17.1. The Morgan fingerprint density at radius 2 is 0.576 bits per heavy atom. The molecular formula is C95H111N3O. The SMILES string of the molecule is CCCCCCCCC1(CCCCCCCC)c2cc(C)ccc2-c2ccc(C)cc21.CCCCCCCCN1c2ccc(C)cc2Oc2cc(C)ccc21.Cc1ccc(N(c2ccc(C)cc2)c2c3ccccc3c(N(c3ccc(C)cc3)c3ccc(C)cc3)c3ccccc23)cc1. The lowest BCUT2D eigenvalue weighted by atomic mass is 9.70. The summed E-state index contributed by atoms with van der Waals surface area (Å²) in [5, 5.41) is 4.80. The maximum Gasteiger partial charge on any atom is 0.151 e. The van der Waals surface area contributed by atoms with E-state index in [9.17, 15) is 0 Å². The summed E-state index contributed by atoms with van der Waals surface area (Å²) < 4.78 is 6.19. The number of rotatable bonds is 27. The highest BCUT2D eigenvalue weighted by molar-refractivity contribution is 6.23. The average Bonchev–Trinajstić information content (AvgIpc) is 1.66. The van der Waals surface area contributed by atoms with Crippen LogP contribution in [0.2, 0.25) is 0 Å². The molecule has 0 atom stereocenters. The Morgan fingerprint density at radius 1 is 0.293 bits per heavy atom. The van der Waals surface area contributed by atoms with Gasteiger partial charge in [0.05, 0.1) is 22.7 Å². The lowest BCUT2D eigenvalue weighted by Crippen LogP contribution is -2.25. The van der Waals surface area contributed by atoms with Crippen LogP contribution in [0, 0.1) is 55.4 Å². The Labute approximate surface area is 596 Å². The maximum atomic E-state index is 6.19. The summed E-state index contributed by atoms with van der Waals surface area (Å²) >= 11 is 0. The van der Waals surface area contributed by atoms with Gasteiger partial charge in [-0.15, -0.1) is 0 Å². The van der Waals surface area contributed by atoms with Crippen molar-refractivity contribution < 1.29 is 4.74 Å². The third-order valence-corrected chi connectivity index (χ3v) is 20.8. The van der Waals surface area contributed by atoms with Crippen LogP contribution in [-0.4, -0.2) is 6.54 Å². The van der Waals surface area contributed by atoms with Crippen molar-refractivity contribution in [2.75, 3.05) is 21.2 Å². The Bertz CT molecular complexity index is 3980. The molecule has 11 aromatic rings. The fourth-order valence-electron chi connectivity index (χ4n) is 15.3. The second-order valence-corrected chi connectivity index (χ2v) is 29.0. The number of fused-ring (bicyclic) bond motifs is 7. The summed E-state index contributed by atoms with van der Waals surface area (Å²) in [6, 6.07) is 80.8. The van der Waals surface area contributed by atoms with E-state index in [4.69, 9.17) is 4.74 Å². The fraction of sp³-hybridized carbons (Fsp3) is 0.347. The number of unbranched alkanes of at least 4 members (excludes halogenated alkanes) is 15. The molecular weight excluding hydrogens is 1200 g/mol. The van der Waals surface area contributed by atoms with Crippen LogP contribution in [0.3, 0.4) is 0 Å². The van der Waals surface area contributed by atoms with Crippen LogP contribution in [0.1, 0.15) is 205 Å². The molecule has 0 radical (unpaired) electrons. The first-order valence-corrected chi connectivity index (χ1v) is 38.0. The van der Waals surface area contributed by atoms with E-state index < -0.39 is 0 Å². The Morgan fingerprint density at radius 3 is 0.909 bits per heavy atom. The minimum atomic E-state index is 0.234. The molecule has 512 valence electrons. The molecule has 1 heterocycles. The topological polar surface area (TPSA) is 19.0 Å². The van der Waals surface area contributed by atoms with E-state index in [-0.39, 0.29) is 5.41 Å². The van der Waals surface area contributed by atoms with Crippen molar-refractivity contribution in [3.05, 3.63) is 274 Å². The van der Waals surface area contributed by atoms with Gasteiger partial charge in [0.2, 0.25) is 0 Å². The highest BCUT2D eigenvalue weighted by Gasteiger charge is 2.42. The Kier molecular flexibility index (Phi) is 24.7. The molecule has 0 fully saturated rings. The molecule has 99 heavy (non-hydrogen) atoms. The zero-order chi connectivity index (χ0) is 69.3. The van der Waals surface area contributed by atoms with Crippen molar-refractivity contribution in [3.8, 4) is 22.6 Å². The fourth-order valence-corrected chi connectivity index (χ4v) is 15.3. The largest absolute Gasteiger partial charge is 0.453 e. The van der Waals surface area contributed by atoms with Gasteiger partial charge < -0.3 is 19.4 Å². The van der Waals surface area contributed by atoms with Gasteiger partial charge in [0.15, 0.2) is 11.5 Å². The molecule has 0 saturated heterocycles. The summed E-state index contributed by atoms with van der Waals surface area (Å²) in [6.07, 6.45) is 27.1. The minimum absolute atomic E-state index is 0.234. The normalized spacial score (nSPS) is 12.4. The van der Waals surface area contributed by atoms with Crippen LogP contribution in [0.15, 0.2) is 218 Å². The van der Waals surface area contributed by atoms with Crippen LogP contribution in [0.4, 0.5) is 45.5 Å². The van der Waals surface area contributed by atoms with E-state index >= 15 is 0 Å². The van der Waals surface area contributed by atoms with E-state index in [0.29, 0.717) is 0 Å². The van der Waals surface area contributed by atoms with Crippen molar-refractivity contribution in [2.24, 2.45) is 0 Å². The number of aryl methyl sites for hydroxylation is 8. The van der Waals surface area contributed by atoms with Crippen LogP contribution < -0.4 is 19.4 Å². The van der Waals surface area contributed by atoms with Gasteiger partial charge in [-0.1, -0.05) is 309 Å². The Hall–Kier alpha value is -8.86. The number of benzene rings is 11. The molecule has 0 N–H and O–H groups in total. The second kappa shape index (κ2) is 34.3. The van der Waals surface area contributed by atoms with Crippen LogP contribution in [-0.2, 0) is 5.41 Å². The van der Waals surface area contributed by atoms with Crippen LogP contribution in [0.5, 0.6) is 11.5 Å². The summed E-state index contributed by atoms with van der Waals surface area (Å²) in [4.78, 5) is 7.29. The summed E-state index contributed by atoms with van der Waals surface area (Å²) in [5.41, 5.74) is 26.1. The molecule has 0 spiro atoms. The lowest BCUT2D eigenvalue weighted by Gasteiger charge is -2.33. The van der Waals surface area contributed by atoms with Crippen molar-refractivity contribution in [1.29, 1.82) is 0 Å². The first-order valence-electron chi connectivity index (χ1n) is 38.0. The monoisotopic (exact) mass is 1310 g/mol. The van der Waals surface area contributed by atoms with Gasteiger partial charge >= 0.3 is 0 Å². The lowest BCUT2D eigenvalue weighted by molar-refractivity contribution is 0.397. The molecule has 2 aliphatic rings. The third-order valence-electron chi connectivity index (χ3n) is 20.8. The molecule has 1 aliphatic heterocycles. The van der Waals surface area contributed by atoms with Gasteiger partial charge in [0.25, 0.3) is 0 Å². The first kappa shape index (κ1) is 71.4. The molecule has 4 nitrogen and oxygen atoms in total. The molecule has 4 heteroatoms. The molecule has 0 bridgehead atoms. The van der Waals surface area contributed by atoms with Crippen molar-refractivity contribution in [1.82, 2.24) is 0 Å². The van der Waals surface area contributed by atoms with Crippen molar-refractivity contribution >= 4 is 67.0 Å². The van der Waals surface area contributed by atoms with Gasteiger partial charge in [0, 0.05) is 56.3 Å². The molecule has 0 amide bonds. The maximum absolute atomic E-state index is 6.19. The number of ether oxygens (including phenoxy) is 1. The molecule has 0 unspecified atom stereocenters. The van der Waals surface area contributed by atoms with Crippen molar-refractivity contribution in [2.45, 2.75) is 210 Å². The van der Waals surface area contributed by atoms with Crippen molar-refractivity contribution in [3.63, 3.8) is 0 Å². The zero-order valence-electron chi connectivity index (χ0n) is 61.9. The number of nitrogens with zero attached hydrogens (tertiary/aromatic N) is 3. The van der Waals surface area contributed by atoms with E-state index in [2.05, 4.69) is 309 Å². The minimum Gasteiger partial charge on any atom is -0.453 e. The smallest absolute Gasteiger partial charge is 0.151 e.